The van der Waals surface area contributed by atoms with Crippen molar-refractivity contribution in [3.63, 3.8) is 0 Å². The van der Waals surface area contributed by atoms with E-state index in [-0.39, 0.29) is 18.0 Å². The van der Waals surface area contributed by atoms with Gasteiger partial charge in [0.1, 0.15) is 11.9 Å². The lowest BCUT2D eigenvalue weighted by Crippen LogP contribution is -2.22. The van der Waals surface area contributed by atoms with Crippen molar-refractivity contribution in [1.29, 1.82) is 0 Å². The molecule has 120 valence electrons. The van der Waals surface area contributed by atoms with Gasteiger partial charge in [-0.3, -0.25) is 4.79 Å². The van der Waals surface area contributed by atoms with Gasteiger partial charge in [0.2, 0.25) is 0 Å². The molecule has 0 aromatic heterocycles. The lowest BCUT2D eigenvalue weighted by Gasteiger charge is -2.31. The highest BCUT2D eigenvalue weighted by molar-refractivity contribution is 5.76. The van der Waals surface area contributed by atoms with Gasteiger partial charge in [0.25, 0.3) is 0 Å². The van der Waals surface area contributed by atoms with Crippen molar-refractivity contribution in [1.82, 2.24) is 0 Å². The highest BCUT2D eigenvalue weighted by Gasteiger charge is 2.46. The van der Waals surface area contributed by atoms with Crippen molar-refractivity contribution in [3.05, 3.63) is 28.3 Å². The minimum absolute atomic E-state index is 0.0162. The van der Waals surface area contributed by atoms with Crippen LogP contribution in [0.5, 0.6) is 5.75 Å². The van der Waals surface area contributed by atoms with E-state index in [9.17, 15) is 4.79 Å². The Hall–Kier alpha value is -1.51. The number of ether oxygens (including phenoxy) is 2. The summed E-state index contributed by atoms with van der Waals surface area (Å²) in [4.78, 5) is 12.0. The number of unbranched alkanes of at least 4 members (excludes halogenated alkanes) is 1. The van der Waals surface area contributed by atoms with Gasteiger partial charge < -0.3 is 9.47 Å². The third kappa shape index (κ3) is 2.41. The molecule has 0 amide bonds. The van der Waals surface area contributed by atoms with Crippen molar-refractivity contribution < 1.29 is 14.3 Å². The molecule has 2 aliphatic rings. The van der Waals surface area contributed by atoms with Crippen LogP contribution in [0, 0.1) is 25.7 Å². The van der Waals surface area contributed by atoms with E-state index >= 15 is 0 Å². The summed E-state index contributed by atoms with van der Waals surface area (Å²) in [7, 11) is 0. The summed E-state index contributed by atoms with van der Waals surface area (Å²) >= 11 is 0. The Morgan fingerprint density at radius 1 is 1.36 bits per heavy atom. The van der Waals surface area contributed by atoms with Crippen molar-refractivity contribution in [2.45, 2.75) is 59.5 Å². The SMILES string of the molecule is CCCCOc1cc(C)c2c(c1C)[C@@H]1OC(=O)[C@@H](C)[C@@H]1CC2. The van der Waals surface area contributed by atoms with Crippen LogP contribution in [0.2, 0.25) is 0 Å². The number of fused-ring (bicyclic) bond motifs is 3. The molecule has 1 aromatic rings. The van der Waals surface area contributed by atoms with Crippen molar-refractivity contribution in [2.24, 2.45) is 11.8 Å². The maximum absolute atomic E-state index is 12.0. The van der Waals surface area contributed by atoms with Gasteiger partial charge in [0.05, 0.1) is 12.5 Å². The van der Waals surface area contributed by atoms with Gasteiger partial charge in [0.15, 0.2) is 0 Å². The Balaban J connectivity index is 1.99. The Kier molecular flexibility index (Phi) is 4.16. The van der Waals surface area contributed by atoms with Crippen LogP contribution in [0.1, 0.15) is 61.5 Å². The fourth-order valence-corrected chi connectivity index (χ4v) is 3.90. The lowest BCUT2D eigenvalue weighted by atomic mass is 9.74. The van der Waals surface area contributed by atoms with Crippen molar-refractivity contribution in [2.75, 3.05) is 6.61 Å². The number of esters is 1. The normalized spacial score (nSPS) is 26.4. The van der Waals surface area contributed by atoms with E-state index < -0.39 is 0 Å². The summed E-state index contributed by atoms with van der Waals surface area (Å²) in [5, 5.41) is 0. The Bertz CT molecular complexity index is 591. The smallest absolute Gasteiger partial charge is 0.309 e. The zero-order valence-electron chi connectivity index (χ0n) is 14.1. The molecule has 3 heteroatoms. The summed E-state index contributed by atoms with van der Waals surface area (Å²) in [6, 6.07) is 2.16. The fraction of sp³-hybridized carbons (Fsp3) is 0.632. The maximum Gasteiger partial charge on any atom is 0.309 e. The number of benzene rings is 1. The number of aryl methyl sites for hydroxylation is 1. The molecule has 1 aromatic carbocycles. The Morgan fingerprint density at radius 3 is 2.86 bits per heavy atom. The Labute approximate surface area is 133 Å². The fourth-order valence-electron chi connectivity index (χ4n) is 3.90. The third-order valence-corrected chi connectivity index (χ3v) is 5.34. The molecule has 1 saturated heterocycles. The molecular formula is C19H26O3. The first-order valence-corrected chi connectivity index (χ1v) is 8.50. The molecule has 3 rings (SSSR count). The molecule has 0 unspecified atom stereocenters. The molecule has 1 fully saturated rings. The average molecular weight is 302 g/mol. The van der Waals surface area contributed by atoms with E-state index in [1.165, 1.54) is 16.7 Å². The van der Waals surface area contributed by atoms with Crippen LogP contribution in [0.25, 0.3) is 0 Å². The molecule has 0 radical (unpaired) electrons. The molecular weight excluding hydrogens is 276 g/mol. The van der Waals surface area contributed by atoms with Gasteiger partial charge in [-0.2, -0.15) is 0 Å². The van der Waals surface area contributed by atoms with E-state index in [4.69, 9.17) is 9.47 Å². The molecule has 1 aliphatic heterocycles. The molecule has 0 bridgehead atoms. The topological polar surface area (TPSA) is 35.5 Å². The highest BCUT2D eigenvalue weighted by atomic mass is 16.6. The van der Waals surface area contributed by atoms with Crippen molar-refractivity contribution in [3.8, 4) is 5.75 Å². The third-order valence-electron chi connectivity index (χ3n) is 5.34. The number of hydrogen-bond donors (Lipinski definition) is 0. The first-order valence-electron chi connectivity index (χ1n) is 8.50. The first-order chi connectivity index (χ1) is 10.5. The van der Waals surface area contributed by atoms with E-state index in [1.807, 2.05) is 6.92 Å². The molecule has 1 aliphatic carbocycles. The first kappa shape index (κ1) is 15.4. The van der Waals surface area contributed by atoms with Crippen LogP contribution in [-0.4, -0.2) is 12.6 Å². The quantitative estimate of drug-likeness (QED) is 0.615. The van der Waals surface area contributed by atoms with Gasteiger partial charge in [-0.25, -0.2) is 0 Å². The van der Waals surface area contributed by atoms with Crippen LogP contribution < -0.4 is 4.74 Å². The molecule has 22 heavy (non-hydrogen) atoms. The van der Waals surface area contributed by atoms with Crippen LogP contribution in [-0.2, 0) is 16.0 Å². The van der Waals surface area contributed by atoms with Crippen LogP contribution >= 0.6 is 0 Å². The van der Waals surface area contributed by atoms with Crippen molar-refractivity contribution >= 4 is 5.97 Å². The Morgan fingerprint density at radius 2 is 2.14 bits per heavy atom. The molecule has 1 heterocycles. The minimum atomic E-state index is -0.0697. The zero-order chi connectivity index (χ0) is 15.9. The maximum atomic E-state index is 12.0. The molecule has 0 spiro atoms. The second-order valence-corrected chi connectivity index (χ2v) is 6.76. The monoisotopic (exact) mass is 302 g/mol. The second kappa shape index (κ2) is 5.94. The number of carbonyl (C=O) groups is 1. The number of hydrogen-bond acceptors (Lipinski definition) is 3. The summed E-state index contributed by atoms with van der Waals surface area (Å²) in [5.41, 5.74) is 5.01. The summed E-state index contributed by atoms with van der Waals surface area (Å²) in [6.07, 6.45) is 4.20. The zero-order valence-corrected chi connectivity index (χ0v) is 14.1. The van der Waals surface area contributed by atoms with E-state index in [0.717, 1.165) is 43.6 Å². The second-order valence-electron chi connectivity index (χ2n) is 6.76. The summed E-state index contributed by atoms with van der Waals surface area (Å²) in [5.74, 6) is 1.25. The molecule has 0 N–H and O–H groups in total. The van der Waals surface area contributed by atoms with Gasteiger partial charge >= 0.3 is 5.97 Å². The summed E-state index contributed by atoms with van der Waals surface area (Å²) < 4.78 is 11.7. The van der Waals surface area contributed by atoms with Gasteiger partial charge in [-0.1, -0.05) is 20.3 Å². The van der Waals surface area contributed by atoms with Gasteiger partial charge in [-0.15, -0.1) is 0 Å². The predicted octanol–water partition coefficient (Wildman–Crippen LogP) is 4.28. The number of carbonyl (C=O) groups excluding carboxylic acids is 1. The summed E-state index contributed by atoms with van der Waals surface area (Å²) in [6.45, 7) is 9.17. The molecule has 0 saturated carbocycles. The average Bonchev–Trinajstić information content (AvgIpc) is 2.79. The van der Waals surface area contributed by atoms with Gasteiger partial charge in [0, 0.05) is 11.5 Å². The van der Waals surface area contributed by atoms with Crippen LogP contribution in [0.3, 0.4) is 0 Å². The predicted molar refractivity (Wildman–Crippen MR) is 86.1 cm³/mol. The van der Waals surface area contributed by atoms with Crippen LogP contribution in [0.15, 0.2) is 6.07 Å². The van der Waals surface area contributed by atoms with Crippen LogP contribution in [0.4, 0.5) is 0 Å². The van der Waals surface area contributed by atoms with E-state index in [2.05, 4.69) is 26.8 Å². The van der Waals surface area contributed by atoms with Gasteiger partial charge in [-0.05, 0) is 55.9 Å². The largest absolute Gasteiger partial charge is 0.493 e. The minimum Gasteiger partial charge on any atom is -0.493 e. The lowest BCUT2D eigenvalue weighted by molar-refractivity contribution is -0.144. The number of rotatable bonds is 4. The standard InChI is InChI=1S/C19H26O3/c1-5-6-9-21-16-10-11(2)14-7-8-15-12(3)19(20)22-18(15)17(14)13(16)4/h10,12,15,18H,5-9H2,1-4H3/t12-,15-,18+/m0/s1. The molecule has 3 atom stereocenters. The van der Waals surface area contributed by atoms with E-state index in [0.29, 0.717) is 5.92 Å². The van der Waals surface area contributed by atoms with E-state index in [1.54, 1.807) is 0 Å². The highest BCUT2D eigenvalue weighted by Crippen LogP contribution is 2.49. The molecule has 3 nitrogen and oxygen atoms in total.